The van der Waals surface area contributed by atoms with Crippen molar-refractivity contribution >= 4 is 23.3 Å². The van der Waals surface area contributed by atoms with Crippen LogP contribution in [0.25, 0.3) is 0 Å². The lowest BCUT2D eigenvalue weighted by molar-refractivity contribution is -0.396. The lowest BCUT2D eigenvalue weighted by atomic mass is 10.0. The number of phenolic OH excluding ortho intramolecular Hbond substituents is 1. The summed E-state index contributed by atoms with van der Waals surface area (Å²) in [5.74, 6) is -2.46. The summed E-state index contributed by atoms with van der Waals surface area (Å²) in [4.78, 5) is 42.4. The molecule has 0 aliphatic carbocycles. The van der Waals surface area contributed by atoms with Gasteiger partial charge < -0.3 is 15.2 Å². The number of carbonyl (C=O) groups excluding carboxylic acids is 2. The van der Waals surface area contributed by atoms with Crippen molar-refractivity contribution in [2.24, 2.45) is 0 Å². The molecule has 2 N–H and O–H groups in total. The molecule has 0 radical (unpaired) electrons. The Balaban J connectivity index is 3.29. The van der Waals surface area contributed by atoms with Crippen molar-refractivity contribution in [3.8, 4) is 5.75 Å². The van der Waals surface area contributed by atoms with Crippen LogP contribution >= 0.6 is 0 Å². The Morgan fingerprint density at radius 3 is 2.09 bits per heavy atom. The first kappa shape index (κ1) is 17.8. The molecule has 0 fully saturated rings. The second-order valence-electron chi connectivity index (χ2n) is 4.48. The summed E-state index contributed by atoms with van der Waals surface area (Å²) in [7, 11) is 1.08. The minimum absolute atomic E-state index is 0.00495. The van der Waals surface area contributed by atoms with Crippen LogP contribution in [0.2, 0.25) is 0 Å². The number of hydrogen-bond donors (Lipinski definition) is 2. The van der Waals surface area contributed by atoms with Crippen molar-refractivity contribution in [2.75, 3.05) is 7.11 Å². The molecule has 0 aliphatic rings. The number of nitro benzene ring substituents is 2. The maximum atomic E-state index is 11.6. The predicted octanol–water partition coefficient (Wildman–Crippen LogP) is 0.429. The summed E-state index contributed by atoms with van der Waals surface area (Å²) < 4.78 is 4.49. The number of amides is 1. The number of phenols is 1. The molecule has 1 atom stereocenters. The van der Waals surface area contributed by atoms with Crippen LogP contribution in [0.15, 0.2) is 12.1 Å². The first-order valence-electron chi connectivity index (χ1n) is 6.17. The highest BCUT2D eigenvalue weighted by molar-refractivity contribution is 5.83. The first-order chi connectivity index (χ1) is 10.7. The number of nitrogens with zero attached hydrogens (tertiary/aromatic N) is 2. The van der Waals surface area contributed by atoms with Gasteiger partial charge in [0.2, 0.25) is 5.91 Å². The van der Waals surface area contributed by atoms with E-state index in [0.29, 0.717) is 0 Å². The predicted molar refractivity (Wildman–Crippen MR) is 74.7 cm³/mol. The fourth-order valence-electron chi connectivity index (χ4n) is 1.87. The third kappa shape index (κ3) is 4.36. The van der Waals surface area contributed by atoms with E-state index in [4.69, 9.17) is 0 Å². The molecule has 11 heteroatoms. The standard InChI is InChI=1S/C12H13N3O8/c1-6(16)13-8(12(18)23-2)3-7-4-9(14(19)20)11(17)10(5-7)15(21)22/h4-5,8,17H,3H2,1-2H3,(H,13,16)/t8-/m0/s1. The van der Waals surface area contributed by atoms with Crippen LogP contribution in [0.4, 0.5) is 11.4 Å². The van der Waals surface area contributed by atoms with Gasteiger partial charge in [0.25, 0.3) is 5.75 Å². The van der Waals surface area contributed by atoms with E-state index < -0.39 is 44.9 Å². The van der Waals surface area contributed by atoms with Crippen molar-refractivity contribution < 1.29 is 29.3 Å². The summed E-state index contributed by atoms with van der Waals surface area (Å²) in [5, 5.41) is 33.5. The largest absolute Gasteiger partial charge is 0.497 e. The number of nitrogens with one attached hydrogen (secondary N) is 1. The van der Waals surface area contributed by atoms with Crippen molar-refractivity contribution in [3.05, 3.63) is 37.9 Å². The van der Waals surface area contributed by atoms with Gasteiger partial charge in [-0.25, -0.2) is 4.79 Å². The Morgan fingerprint density at radius 2 is 1.74 bits per heavy atom. The van der Waals surface area contributed by atoms with Crippen LogP contribution in [0, 0.1) is 20.2 Å². The maximum Gasteiger partial charge on any atom is 0.328 e. The van der Waals surface area contributed by atoms with Gasteiger partial charge in [-0.15, -0.1) is 0 Å². The van der Waals surface area contributed by atoms with E-state index >= 15 is 0 Å². The Bertz CT molecular complexity index is 637. The number of ether oxygens (including phenoxy) is 1. The molecule has 0 aromatic heterocycles. The van der Waals surface area contributed by atoms with E-state index in [1.165, 1.54) is 0 Å². The Hall–Kier alpha value is -3.24. The molecule has 0 heterocycles. The zero-order valence-electron chi connectivity index (χ0n) is 12.1. The smallest absolute Gasteiger partial charge is 0.328 e. The monoisotopic (exact) mass is 327 g/mol. The zero-order chi connectivity index (χ0) is 17.7. The third-order valence-corrected chi connectivity index (χ3v) is 2.83. The van der Waals surface area contributed by atoms with E-state index in [2.05, 4.69) is 10.1 Å². The number of carbonyl (C=O) groups is 2. The van der Waals surface area contributed by atoms with Gasteiger partial charge in [-0.05, 0) is 5.56 Å². The molecule has 0 saturated heterocycles. The van der Waals surface area contributed by atoms with Crippen LogP contribution in [-0.4, -0.2) is 40.0 Å². The lowest BCUT2D eigenvalue weighted by Crippen LogP contribution is -2.42. The Morgan fingerprint density at radius 1 is 1.26 bits per heavy atom. The molecule has 1 rings (SSSR count). The van der Waals surface area contributed by atoms with E-state index in [1.807, 2.05) is 0 Å². The SMILES string of the molecule is COC(=O)[C@H](Cc1cc([N+](=O)[O-])c(O)c([N+](=O)[O-])c1)NC(C)=O. The normalized spacial score (nSPS) is 11.4. The minimum Gasteiger partial charge on any atom is -0.497 e. The molecule has 1 aromatic rings. The number of nitro groups is 2. The van der Waals surface area contributed by atoms with Crippen LogP contribution in [-0.2, 0) is 20.7 Å². The summed E-state index contributed by atoms with van der Waals surface area (Å²) in [6.07, 6.45) is -0.284. The second-order valence-corrected chi connectivity index (χ2v) is 4.48. The Kier molecular flexibility index (Phi) is 5.54. The molecule has 1 amide bonds. The number of aromatic hydroxyl groups is 1. The molecular weight excluding hydrogens is 314 g/mol. The van der Waals surface area contributed by atoms with Crippen molar-refractivity contribution in [1.29, 1.82) is 0 Å². The van der Waals surface area contributed by atoms with Gasteiger partial charge in [0.1, 0.15) is 6.04 Å². The highest BCUT2D eigenvalue weighted by Gasteiger charge is 2.28. The molecule has 11 nitrogen and oxygen atoms in total. The number of hydrogen-bond acceptors (Lipinski definition) is 8. The average Bonchev–Trinajstić information content (AvgIpc) is 2.46. The van der Waals surface area contributed by atoms with Crippen LogP contribution < -0.4 is 5.32 Å². The Labute approximate surface area is 129 Å². The van der Waals surface area contributed by atoms with Crippen LogP contribution in [0.1, 0.15) is 12.5 Å². The third-order valence-electron chi connectivity index (χ3n) is 2.83. The highest BCUT2D eigenvalue weighted by Crippen LogP contribution is 2.36. The average molecular weight is 327 g/mol. The quantitative estimate of drug-likeness (QED) is 0.431. The molecule has 0 bridgehead atoms. The molecule has 0 unspecified atom stereocenters. The van der Waals surface area contributed by atoms with Gasteiger partial charge in [-0.1, -0.05) is 0 Å². The molecule has 0 spiro atoms. The van der Waals surface area contributed by atoms with Crippen molar-refractivity contribution in [1.82, 2.24) is 5.32 Å². The van der Waals surface area contributed by atoms with Crippen molar-refractivity contribution in [3.63, 3.8) is 0 Å². The number of rotatable bonds is 6. The second kappa shape index (κ2) is 7.15. The molecular formula is C12H13N3O8. The zero-order valence-corrected chi connectivity index (χ0v) is 12.1. The summed E-state index contributed by atoms with van der Waals surface area (Å²) in [6, 6.07) is 0.599. The van der Waals surface area contributed by atoms with Gasteiger partial charge >= 0.3 is 17.3 Å². The maximum absolute atomic E-state index is 11.6. The van der Waals surface area contributed by atoms with Gasteiger partial charge in [0.05, 0.1) is 17.0 Å². The van der Waals surface area contributed by atoms with Crippen molar-refractivity contribution in [2.45, 2.75) is 19.4 Å². The minimum atomic E-state index is -1.18. The lowest BCUT2D eigenvalue weighted by Gasteiger charge is -2.15. The number of methoxy groups -OCH3 is 1. The van der Waals surface area contributed by atoms with Crippen LogP contribution in [0.5, 0.6) is 5.75 Å². The highest BCUT2D eigenvalue weighted by atomic mass is 16.6. The van der Waals surface area contributed by atoms with Crippen LogP contribution in [0.3, 0.4) is 0 Å². The topological polar surface area (TPSA) is 162 Å². The summed E-state index contributed by atoms with van der Waals surface area (Å²) in [6.45, 7) is 1.15. The summed E-state index contributed by atoms with van der Waals surface area (Å²) in [5.41, 5.74) is -1.74. The van der Waals surface area contributed by atoms with Gasteiger partial charge in [0, 0.05) is 25.5 Å². The number of benzene rings is 1. The molecule has 0 aliphatic heterocycles. The van der Waals surface area contributed by atoms with Gasteiger partial charge in [0.15, 0.2) is 0 Å². The van der Waals surface area contributed by atoms with E-state index in [9.17, 15) is 34.9 Å². The first-order valence-corrected chi connectivity index (χ1v) is 6.17. The van der Waals surface area contributed by atoms with Gasteiger partial charge in [-0.2, -0.15) is 0 Å². The van der Waals surface area contributed by atoms with Gasteiger partial charge in [-0.3, -0.25) is 25.0 Å². The van der Waals surface area contributed by atoms with E-state index in [-0.39, 0.29) is 12.0 Å². The summed E-state index contributed by atoms with van der Waals surface area (Å²) >= 11 is 0. The molecule has 23 heavy (non-hydrogen) atoms. The van der Waals surface area contributed by atoms with E-state index in [0.717, 1.165) is 26.2 Å². The molecule has 1 aromatic carbocycles. The molecule has 124 valence electrons. The fraction of sp³-hybridized carbons (Fsp3) is 0.333. The van der Waals surface area contributed by atoms with E-state index in [1.54, 1.807) is 0 Å². The number of esters is 1. The fourth-order valence-corrected chi connectivity index (χ4v) is 1.87. The molecule has 0 saturated carbocycles.